The number of hydrogen-bond donors (Lipinski definition) is 0. The molecule has 1 aromatic rings. The van der Waals surface area contributed by atoms with Crippen molar-refractivity contribution < 1.29 is 28.5 Å². The average molecular weight is 348 g/mol. The molecule has 0 atom stereocenters. The van der Waals surface area contributed by atoms with Gasteiger partial charge >= 0.3 is 5.97 Å². The number of esters is 1. The highest BCUT2D eigenvalue weighted by molar-refractivity contribution is 5.86. The first kappa shape index (κ1) is 19.0. The molecule has 1 aliphatic rings. The molecule has 0 aromatic heterocycles. The Bertz CT molecular complexity index is 672. The Labute approximate surface area is 148 Å². The molecule has 0 aliphatic heterocycles. The third-order valence-corrected chi connectivity index (χ3v) is 4.05. The summed E-state index contributed by atoms with van der Waals surface area (Å²) in [4.78, 5) is 11.4. The van der Waals surface area contributed by atoms with Gasteiger partial charge in [0, 0.05) is 30.9 Å². The van der Waals surface area contributed by atoms with E-state index in [1.807, 2.05) is 24.3 Å². The van der Waals surface area contributed by atoms with E-state index >= 15 is 0 Å². The molecule has 0 amide bonds. The third-order valence-electron chi connectivity index (χ3n) is 4.05. The van der Waals surface area contributed by atoms with Gasteiger partial charge in [0.15, 0.2) is 5.76 Å². The van der Waals surface area contributed by atoms with Crippen LogP contribution < -0.4 is 0 Å². The number of carbonyl (C=O) groups excluding carboxylic acids is 1. The molecular formula is C19H24O6. The predicted molar refractivity (Wildman–Crippen MR) is 92.4 cm³/mol. The maximum absolute atomic E-state index is 11.4. The van der Waals surface area contributed by atoms with Crippen molar-refractivity contribution >= 4 is 11.7 Å². The lowest BCUT2D eigenvalue weighted by Crippen LogP contribution is -2.35. The Morgan fingerprint density at radius 3 is 2.44 bits per heavy atom. The summed E-state index contributed by atoms with van der Waals surface area (Å²) >= 11 is 0. The van der Waals surface area contributed by atoms with Gasteiger partial charge in [-0.05, 0) is 6.92 Å². The van der Waals surface area contributed by atoms with Gasteiger partial charge in [-0.2, -0.15) is 0 Å². The fraction of sp³-hybridized carbons (Fsp3) is 0.421. The molecular weight excluding hydrogens is 324 g/mol. The predicted octanol–water partition coefficient (Wildman–Crippen LogP) is 2.99. The van der Waals surface area contributed by atoms with E-state index in [4.69, 9.17) is 23.7 Å². The van der Waals surface area contributed by atoms with E-state index < -0.39 is 11.8 Å². The molecule has 25 heavy (non-hydrogen) atoms. The van der Waals surface area contributed by atoms with Crippen LogP contribution >= 0.6 is 0 Å². The molecule has 0 unspecified atom stereocenters. The van der Waals surface area contributed by atoms with Gasteiger partial charge in [0.1, 0.15) is 19.0 Å². The number of carbonyl (C=O) groups is 1. The van der Waals surface area contributed by atoms with Gasteiger partial charge in [0.25, 0.3) is 0 Å². The monoisotopic (exact) mass is 348 g/mol. The second-order valence-corrected chi connectivity index (χ2v) is 5.60. The molecule has 0 bridgehead atoms. The van der Waals surface area contributed by atoms with Gasteiger partial charge in [-0.25, -0.2) is 4.79 Å². The summed E-state index contributed by atoms with van der Waals surface area (Å²) in [5, 5.41) is 0. The minimum atomic E-state index is -0.929. The van der Waals surface area contributed by atoms with Crippen molar-refractivity contribution in [2.45, 2.75) is 19.1 Å². The molecule has 2 rings (SSSR count). The molecule has 6 heteroatoms. The van der Waals surface area contributed by atoms with Crippen molar-refractivity contribution in [1.29, 1.82) is 0 Å². The zero-order valence-corrected chi connectivity index (χ0v) is 15.1. The molecule has 1 aromatic carbocycles. The number of methoxy groups -OCH3 is 3. The normalized spacial score (nSPS) is 15.4. The maximum Gasteiger partial charge on any atom is 0.333 e. The molecule has 0 heterocycles. The summed E-state index contributed by atoms with van der Waals surface area (Å²) in [6.07, 6.45) is 0.369. The Hall–Kier alpha value is -2.31. The smallest absolute Gasteiger partial charge is 0.333 e. The molecule has 1 aliphatic carbocycles. The van der Waals surface area contributed by atoms with E-state index in [0.29, 0.717) is 23.5 Å². The second-order valence-electron chi connectivity index (χ2n) is 5.60. The highest BCUT2D eigenvalue weighted by Crippen LogP contribution is 2.44. The van der Waals surface area contributed by atoms with Gasteiger partial charge in [-0.3, -0.25) is 0 Å². The summed E-state index contributed by atoms with van der Waals surface area (Å²) in [5.74, 6) is -0.171. The van der Waals surface area contributed by atoms with Crippen LogP contribution in [0.5, 0.6) is 0 Å². The summed E-state index contributed by atoms with van der Waals surface area (Å²) in [6.45, 7) is 5.46. The van der Waals surface area contributed by atoms with Crippen molar-refractivity contribution in [3.63, 3.8) is 0 Å². The van der Waals surface area contributed by atoms with Gasteiger partial charge < -0.3 is 23.7 Å². The quantitative estimate of drug-likeness (QED) is 0.311. The van der Waals surface area contributed by atoms with Crippen LogP contribution in [0.3, 0.4) is 0 Å². The Kier molecular flexibility index (Phi) is 6.22. The summed E-state index contributed by atoms with van der Waals surface area (Å²) < 4.78 is 27.7. The summed E-state index contributed by atoms with van der Waals surface area (Å²) in [5.41, 5.74) is 2.03. The lowest BCUT2D eigenvalue weighted by atomic mass is 9.89. The largest absolute Gasteiger partial charge is 0.497 e. The van der Waals surface area contributed by atoms with Crippen LogP contribution in [0.2, 0.25) is 0 Å². The van der Waals surface area contributed by atoms with E-state index in [0.717, 1.165) is 11.1 Å². The zero-order valence-electron chi connectivity index (χ0n) is 15.1. The van der Waals surface area contributed by atoms with Crippen LogP contribution in [0.15, 0.2) is 42.2 Å². The number of fused-ring (bicyclic) bond motifs is 1. The first-order valence-electron chi connectivity index (χ1n) is 7.91. The van der Waals surface area contributed by atoms with E-state index in [-0.39, 0.29) is 13.2 Å². The average Bonchev–Trinajstić information content (AvgIpc) is 2.64. The first-order chi connectivity index (χ1) is 12.0. The van der Waals surface area contributed by atoms with Crippen LogP contribution in [-0.4, -0.2) is 40.5 Å². The Morgan fingerprint density at radius 1 is 1.16 bits per heavy atom. The van der Waals surface area contributed by atoms with Crippen LogP contribution in [0, 0.1) is 0 Å². The molecule has 0 radical (unpaired) electrons. The highest BCUT2D eigenvalue weighted by atomic mass is 16.7. The molecule has 0 saturated carbocycles. The van der Waals surface area contributed by atoms with E-state index in [9.17, 15) is 4.79 Å². The van der Waals surface area contributed by atoms with Crippen LogP contribution in [-0.2, 0) is 34.3 Å². The first-order valence-corrected chi connectivity index (χ1v) is 7.91. The fourth-order valence-electron chi connectivity index (χ4n) is 2.72. The second kappa shape index (κ2) is 8.18. The Balaban J connectivity index is 2.23. The van der Waals surface area contributed by atoms with Crippen molar-refractivity contribution in [1.82, 2.24) is 0 Å². The van der Waals surface area contributed by atoms with Gasteiger partial charge in [-0.15, -0.1) is 0 Å². The third kappa shape index (κ3) is 3.86. The maximum atomic E-state index is 11.4. The minimum Gasteiger partial charge on any atom is -0.497 e. The molecule has 136 valence electrons. The molecule has 0 spiro atoms. The molecule has 0 saturated heterocycles. The topological polar surface area (TPSA) is 63.2 Å². The van der Waals surface area contributed by atoms with Crippen LogP contribution in [0.25, 0.3) is 5.76 Å². The van der Waals surface area contributed by atoms with E-state index in [1.54, 1.807) is 28.3 Å². The number of rotatable bonds is 8. The minimum absolute atomic E-state index is 0.119. The van der Waals surface area contributed by atoms with Crippen LogP contribution in [0.4, 0.5) is 0 Å². The lowest BCUT2D eigenvalue weighted by molar-refractivity contribution is -0.220. The van der Waals surface area contributed by atoms with Gasteiger partial charge in [0.2, 0.25) is 5.79 Å². The highest BCUT2D eigenvalue weighted by Gasteiger charge is 2.42. The van der Waals surface area contributed by atoms with Crippen molar-refractivity contribution in [2.24, 2.45) is 0 Å². The lowest BCUT2D eigenvalue weighted by Gasteiger charge is -2.37. The number of hydrogen-bond acceptors (Lipinski definition) is 6. The SMILES string of the molecule is C=C(C)C(=O)OCCOC1=C(OC)CC(OC)(OC)c2ccccc21. The zero-order chi connectivity index (χ0) is 18.4. The standard InChI is InChI=1S/C19H24O6/c1-13(2)18(20)25-11-10-24-17-14-8-6-7-9-15(14)19(22-4,23-5)12-16(17)21-3/h6-9H,1,10-12H2,2-5H3. The molecule has 0 fully saturated rings. The fourth-order valence-corrected chi connectivity index (χ4v) is 2.72. The van der Waals surface area contributed by atoms with E-state index in [1.165, 1.54) is 0 Å². The summed E-state index contributed by atoms with van der Waals surface area (Å²) in [7, 11) is 4.76. The van der Waals surface area contributed by atoms with E-state index in [2.05, 4.69) is 6.58 Å². The van der Waals surface area contributed by atoms with Crippen molar-refractivity contribution in [3.8, 4) is 0 Å². The summed E-state index contributed by atoms with van der Waals surface area (Å²) in [6, 6.07) is 7.66. The molecule has 0 N–H and O–H groups in total. The Morgan fingerprint density at radius 2 is 1.84 bits per heavy atom. The number of benzene rings is 1. The van der Waals surface area contributed by atoms with Gasteiger partial charge in [-0.1, -0.05) is 30.8 Å². The van der Waals surface area contributed by atoms with Gasteiger partial charge in [0.05, 0.1) is 13.5 Å². The molecule has 6 nitrogen and oxygen atoms in total. The van der Waals surface area contributed by atoms with Crippen LogP contribution in [0.1, 0.15) is 24.5 Å². The number of ether oxygens (including phenoxy) is 5. The van der Waals surface area contributed by atoms with Crippen molar-refractivity contribution in [3.05, 3.63) is 53.3 Å². The van der Waals surface area contributed by atoms with Crippen molar-refractivity contribution in [2.75, 3.05) is 34.5 Å².